The van der Waals surface area contributed by atoms with Gasteiger partial charge in [-0.1, -0.05) is 4.73 Å². The van der Waals surface area contributed by atoms with E-state index in [1.54, 1.807) is 18.5 Å². The highest BCUT2D eigenvalue weighted by Gasteiger charge is 2.08. The second-order valence-corrected chi connectivity index (χ2v) is 3.10. The maximum Gasteiger partial charge on any atom is 0.326 e. The molecule has 0 amide bonds. The Balaban J connectivity index is 2.96. The number of aromatic amines is 1. The topological polar surface area (TPSA) is 39.9 Å². The van der Waals surface area contributed by atoms with Gasteiger partial charge >= 0.3 is 5.65 Å². The number of rotatable bonds is 0. The van der Waals surface area contributed by atoms with Crippen molar-refractivity contribution in [3.8, 4) is 0 Å². The molecule has 3 nitrogen and oxygen atoms in total. The fourth-order valence-electron chi connectivity index (χ4n) is 1.04. The SMILES string of the molecule is O[n+]1ccc(Br)c2cc[nH]c21. The standard InChI is InChI=1S/C7H5BrN2O/c8-6-2-4-10(11)7-5(6)1-3-9-7/h1-4,11H/p+1. The van der Waals surface area contributed by atoms with E-state index in [0.29, 0.717) is 5.65 Å². The molecule has 2 heterocycles. The molecule has 0 bridgehead atoms. The highest BCUT2D eigenvalue weighted by molar-refractivity contribution is 9.10. The van der Waals surface area contributed by atoms with Crippen LogP contribution in [0.2, 0.25) is 0 Å². The summed E-state index contributed by atoms with van der Waals surface area (Å²) in [4.78, 5) is 2.91. The quantitative estimate of drug-likeness (QED) is 0.505. The minimum atomic E-state index is 0.694. The molecule has 56 valence electrons. The summed E-state index contributed by atoms with van der Waals surface area (Å²) < 4.78 is 2.03. The molecule has 0 aliphatic carbocycles. The number of pyridine rings is 1. The zero-order valence-electron chi connectivity index (χ0n) is 5.58. The van der Waals surface area contributed by atoms with Crippen LogP contribution in [0.5, 0.6) is 0 Å². The number of H-pyrrole nitrogens is 1. The van der Waals surface area contributed by atoms with Crippen molar-refractivity contribution in [2.24, 2.45) is 0 Å². The molecule has 0 saturated carbocycles. The molecule has 0 aromatic carbocycles. The van der Waals surface area contributed by atoms with Gasteiger partial charge < -0.3 is 5.21 Å². The van der Waals surface area contributed by atoms with Gasteiger partial charge in [-0.3, -0.25) is 0 Å². The van der Waals surface area contributed by atoms with Crippen molar-refractivity contribution in [1.29, 1.82) is 0 Å². The molecule has 0 spiro atoms. The zero-order valence-corrected chi connectivity index (χ0v) is 7.17. The van der Waals surface area contributed by atoms with Crippen molar-refractivity contribution in [2.75, 3.05) is 0 Å². The summed E-state index contributed by atoms with van der Waals surface area (Å²) in [5.74, 6) is 0. The van der Waals surface area contributed by atoms with Crippen molar-refractivity contribution < 1.29 is 9.94 Å². The minimum absolute atomic E-state index is 0.694. The fourth-order valence-corrected chi connectivity index (χ4v) is 1.48. The third kappa shape index (κ3) is 0.903. The van der Waals surface area contributed by atoms with Crippen molar-refractivity contribution in [3.05, 3.63) is 29.0 Å². The van der Waals surface area contributed by atoms with Gasteiger partial charge in [0.1, 0.15) is 6.20 Å². The van der Waals surface area contributed by atoms with Gasteiger partial charge in [0.2, 0.25) is 0 Å². The normalized spacial score (nSPS) is 10.6. The van der Waals surface area contributed by atoms with E-state index in [1.165, 1.54) is 0 Å². The number of hydrogen-bond acceptors (Lipinski definition) is 1. The highest BCUT2D eigenvalue weighted by atomic mass is 79.9. The minimum Gasteiger partial charge on any atom is -0.350 e. The van der Waals surface area contributed by atoms with E-state index in [-0.39, 0.29) is 0 Å². The van der Waals surface area contributed by atoms with Crippen LogP contribution >= 0.6 is 15.9 Å². The van der Waals surface area contributed by atoms with E-state index in [2.05, 4.69) is 20.9 Å². The largest absolute Gasteiger partial charge is 0.350 e. The molecule has 0 saturated heterocycles. The van der Waals surface area contributed by atoms with Crippen LogP contribution in [0, 0.1) is 0 Å². The third-order valence-corrected chi connectivity index (χ3v) is 2.27. The number of fused-ring (bicyclic) bond motifs is 1. The van der Waals surface area contributed by atoms with Crippen LogP contribution in [0.25, 0.3) is 11.0 Å². The molecule has 0 atom stereocenters. The first kappa shape index (κ1) is 6.67. The lowest BCUT2D eigenvalue weighted by Gasteiger charge is -1.91. The second-order valence-electron chi connectivity index (χ2n) is 2.25. The summed E-state index contributed by atoms with van der Waals surface area (Å²) in [7, 11) is 0. The van der Waals surface area contributed by atoms with E-state index in [4.69, 9.17) is 0 Å². The maximum absolute atomic E-state index is 9.25. The van der Waals surface area contributed by atoms with Crippen molar-refractivity contribution >= 4 is 27.0 Å². The molecule has 0 aliphatic heterocycles. The average molecular weight is 214 g/mol. The molecule has 11 heavy (non-hydrogen) atoms. The Morgan fingerprint density at radius 1 is 1.45 bits per heavy atom. The van der Waals surface area contributed by atoms with Gasteiger partial charge in [0.25, 0.3) is 0 Å². The van der Waals surface area contributed by atoms with E-state index in [9.17, 15) is 5.21 Å². The van der Waals surface area contributed by atoms with Crippen LogP contribution in [0.1, 0.15) is 0 Å². The second kappa shape index (κ2) is 2.23. The summed E-state index contributed by atoms with van der Waals surface area (Å²) >= 11 is 3.37. The molecular formula is C7H6BrN2O+. The molecular weight excluding hydrogens is 208 g/mol. The first-order chi connectivity index (χ1) is 5.29. The Hall–Kier alpha value is -1.03. The lowest BCUT2D eigenvalue weighted by molar-refractivity contribution is -0.885. The van der Waals surface area contributed by atoms with Gasteiger partial charge in [0.05, 0.1) is 11.6 Å². The predicted molar refractivity (Wildman–Crippen MR) is 43.4 cm³/mol. The summed E-state index contributed by atoms with van der Waals surface area (Å²) in [6.07, 6.45) is 3.35. The van der Waals surface area contributed by atoms with Gasteiger partial charge in [0, 0.05) is 4.47 Å². The summed E-state index contributed by atoms with van der Waals surface area (Å²) in [6, 6.07) is 3.68. The third-order valence-electron chi connectivity index (χ3n) is 1.57. The smallest absolute Gasteiger partial charge is 0.326 e. The van der Waals surface area contributed by atoms with E-state index < -0.39 is 0 Å². The zero-order chi connectivity index (χ0) is 7.84. The molecule has 4 heteroatoms. The Morgan fingerprint density at radius 2 is 2.27 bits per heavy atom. The Morgan fingerprint density at radius 3 is 3.00 bits per heavy atom. The number of aromatic nitrogens is 2. The van der Waals surface area contributed by atoms with Gasteiger partial charge in [0.15, 0.2) is 0 Å². The Kier molecular flexibility index (Phi) is 1.35. The van der Waals surface area contributed by atoms with Gasteiger partial charge in [-0.2, -0.15) is 0 Å². The van der Waals surface area contributed by atoms with Crippen LogP contribution in [-0.4, -0.2) is 10.2 Å². The summed E-state index contributed by atoms with van der Waals surface area (Å²) in [5.41, 5.74) is 0.694. The average Bonchev–Trinajstić information content (AvgIpc) is 2.45. The molecule has 2 aromatic heterocycles. The van der Waals surface area contributed by atoms with Crippen molar-refractivity contribution in [3.63, 3.8) is 0 Å². The first-order valence-corrected chi connectivity index (χ1v) is 3.95. The van der Waals surface area contributed by atoms with Crippen molar-refractivity contribution in [2.45, 2.75) is 0 Å². The van der Waals surface area contributed by atoms with Crippen LogP contribution < -0.4 is 4.73 Å². The highest BCUT2D eigenvalue weighted by Crippen LogP contribution is 2.18. The van der Waals surface area contributed by atoms with E-state index in [0.717, 1.165) is 14.6 Å². The molecule has 2 rings (SSSR count). The van der Waals surface area contributed by atoms with Gasteiger partial charge in [-0.15, -0.1) is 0 Å². The van der Waals surface area contributed by atoms with Gasteiger partial charge in [-0.05, 0) is 28.1 Å². The summed E-state index contributed by atoms with van der Waals surface area (Å²) in [5, 5.41) is 10.2. The van der Waals surface area contributed by atoms with Crippen molar-refractivity contribution in [1.82, 2.24) is 4.98 Å². The Labute approximate surface area is 71.4 Å². The lowest BCUT2D eigenvalue weighted by atomic mass is 10.3. The number of halogens is 1. The molecule has 2 aromatic rings. The van der Waals surface area contributed by atoms with Crippen LogP contribution in [-0.2, 0) is 0 Å². The predicted octanol–water partition coefficient (Wildman–Crippen LogP) is 1.46. The van der Waals surface area contributed by atoms with Gasteiger partial charge in [-0.25, -0.2) is 4.98 Å². The monoisotopic (exact) mass is 213 g/mol. The first-order valence-electron chi connectivity index (χ1n) is 3.15. The summed E-state index contributed by atoms with van der Waals surface area (Å²) in [6.45, 7) is 0. The van der Waals surface area contributed by atoms with Crippen LogP contribution in [0.4, 0.5) is 0 Å². The van der Waals surface area contributed by atoms with Crippen LogP contribution in [0.15, 0.2) is 29.0 Å². The fraction of sp³-hybridized carbons (Fsp3) is 0. The number of nitrogens with zero attached hydrogens (tertiary/aromatic N) is 1. The maximum atomic E-state index is 9.25. The molecule has 0 radical (unpaired) electrons. The van der Waals surface area contributed by atoms with E-state index >= 15 is 0 Å². The molecule has 0 unspecified atom stereocenters. The van der Waals surface area contributed by atoms with E-state index in [1.807, 2.05) is 6.07 Å². The number of hydrogen-bond donors (Lipinski definition) is 2. The molecule has 0 aliphatic rings. The molecule has 2 N–H and O–H groups in total. The number of nitrogens with one attached hydrogen (secondary N) is 1. The van der Waals surface area contributed by atoms with Crippen LogP contribution in [0.3, 0.4) is 0 Å². The molecule has 0 fully saturated rings. The lowest BCUT2D eigenvalue weighted by Crippen LogP contribution is -2.30. The Bertz CT molecular complexity index is 360.